The lowest BCUT2D eigenvalue weighted by atomic mass is 10.1. The maximum absolute atomic E-state index is 12.7. The number of carbonyl (C=O) groups excluding carboxylic acids is 2. The van der Waals surface area contributed by atoms with Crippen molar-refractivity contribution < 1.29 is 9.59 Å². The van der Waals surface area contributed by atoms with Gasteiger partial charge in [0.2, 0.25) is 11.8 Å². The first-order chi connectivity index (χ1) is 12.9. The zero-order chi connectivity index (χ0) is 19.1. The van der Waals surface area contributed by atoms with Crippen LogP contribution in [-0.4, -0.2) is 23.3 Å². The third-order valence-corrected chi connectivity index (χ3v) is 5.72. The lowest BCUT2D eigenvalue weighted by molar-refractivity contribution is -0.122. The van der Waals surface area contributed by atoms with Crippen molar-refractivity contribution in [2.24, 2.45) is 5.92 Å². The molecule has 5 nitrogen and oxygen atoms in total. The number of fused-ring (bicyclic) bond motifs is 1. The van der Waals surface area contributed by atoms with Gasteiger partial charge in [-0.3, -0.25) is 9.59 Å². The molecule has 27 heavy (non-hydrogen) atoms. The zero-order valence-corrected chi connectivity index (χ0v) is 16.4. The Morgan fingerprint density at radius 3 is 2.59 bits per heavy atom. The topological polar surface area (TPSA) is 62.3 Å². The van der Waals surface area contributed by atoms with Crippen molar-refractivity contribution in [1.29, 1.82) is 0 Å². The molecule has 1 saturated heterocycles. The Kier molecular flexibility index (Phi) is 4.44. The Balaban J connectivity index is 1.50. The smallest absolute Gasteiger partial charge is 0.231 e. The van der Waals surface area contributed by atoms with Crippen LogP contribution in [0.3, 0.4) is 0 Å². The van der Waals surface area contributed by atoms with Gasteiger partial charge in [0.15, 0.2) is 5.13 Å². The van der Waals surface area contributed by atoms with Crippen LogP contribution in [-0.2, 0) is 9.59 Å². The van der Waals surface area contributed by atoms with Crippen molar-refractivity contribution in [2.75, 3.05) is 16.8 Å². The highest BCUT2D eigenvalue weighted by molar-refractivity contribution is 7.22. The van der Waals surface area contributed by atoms with Crippen LogP contribution in [0.5, 0.6) is 0 Å². The second kappa shape index (κ2) is 6.78. The lowest BCUT2D eigenvalue weighted by Crippen LogP contribution is -2.28. The van der Waals surface area contributed by atoms with Gasteiger partial charge in [-0.2, -0.15) is 0 Å². The minimum Gasteiger partial charge on any atom is -0.312 e. The van der Waals surface area contributed by atoms with Gasteiger partial charge in [-0.1, -0.05) is 23.5 Å². The fraction of sp³-hybridized carbons (Fsp3) is 0.286. The van der Waals surface area contributed by atoms with Crippen LogP contribution in [0.2, 0.25) is 0 Å². The summed E-state index contributed by atoms with van der Waals surface area (Å²) in [4.78, 5) is 31.4. The standard InChI is InChI=1S/C21H21N3O2S/c1-12-4-5-17-18(9-12)27-21(22-17)23-20(26)15-10-19(25)24(11-15)16-7-13(2)6-14(3)8-16/h4-9,15H,10-11H2,1-3H3,(H,22,23,26). The first-order valence-electron chi connectivity index (χ1n) is 8.96. The van der Waals surface area contributed by atoms with Gasteiger partial charge in [-0.25, -0.2) is 4.98 Å². The largest absolute Gasteiger partial charge is 0.312 e. The van der Waals surface area contributed by atoms with Gasteiger partial charge in [-0.15, -0.1) is 0 Å². The molecule has 1 N–H and O–H groups in total. The molecule has 1 atom stereocenters. The van der Waals surface area contributed by atoms with Crippen LogP contribution >= 0.6 is 11.3 Å². The number of carbonyl (C=O) groups is 2. The molecule has 3 aromatic rings. The molecular weight excluding hydrogens is 358 g/mol. The van der Waals surface area contributed by atoms with Gasteiger partial charge < -0.3 is 10.2 Å². The molecule has 1 aliphatic heterocycles. The molecule has 0 radical (unpaired) electrons. The average molecular weight is 379 g/mol. The Hall–Kier alpha value is -2.73. The van der Waals surface area contributed by atoms with Crippen LogP contribution < -0.4 is 10.2 Å². The monoisotopic (exact) mass is 379 g/mol. The highest BCUT2D eigenvalue weighted by Crippen LogP contribution is 2.30. The molecule has 1 fully saturated rings. The van der Waals surface area contributed by atoms with E-state index in [2.05, 4.69) is 22.4 Å². The highest BCUT2D eigenvalue weighted by Gasteiger charge is 2.35. The van der Waals surface area contributed by atoms with Gasteiger partial charge in [0, 0.05) is 18.7 Å². The number of hydrogen-bond acceptors (Lipinski definition) is 4. The van der Waals surface area contributed by atoms with Gasteiger partial charge in [0.25, 0.3) is 0 Å². The van der Waals surface area contributed by atoms with Gasteiger partial charge >= 0.3 is 0 Å². The molecule has 4 rings (SSSR count). The summed E-state index contributed by atoms with van der Waals surface area (Å²) < 4.78 is 1.05. The van der Waals surface area contributed by atoms with Crippen LogP contribution in [0.25, 0.3) is 10.2 Å². The van der Waals surface area contributed by atoms with Gasteiger partial charge in [0.05, 0.1) is 16.1 Å². The molecule has 0 bridgehead atoms. The number of anilines is 2. The number of aromatic nitrogens is 1. The summed E-state index contributed by atoms with van der Waals surface area (Å²) in [6.07, 6.45) is 0.225. The van der Waals surface area contributed by atoms with E-state index in [1.54, 1.807) is 4.90 Å². The summed E-state index contributed by atoms with van der Waals surface area (Å²) in [5.41, 5.74) is 5.11. The van der Waals surface area contributed by atoms with Gasteiger partial charge in [-0.05, 0) is 61.7 Å². The normalized spacial score (nSPS) is 16.9. The number of hydrogen-bond donors (Lipinski definition) is 1. The third kappa shape index (κ3) is 3.57. The average Bonchev–Trinajstić information content (AvgIpc) is 3.16. The van der Waals surface area contributed by atoms with Crippen LogP contribution in [0.4, 0.5) is 10.8 Å². The number of nitrogens with one attached hydrogen (secondary N) is 1. The van der Waals surface area contributed by atoms with Crippen LogP contribution in [0.15, 0.2) is 36.4 Å². The fourth-order valence-electron chi connectivity index (χ4n) is 3.53. The first-order valence-corrected chi connectivity index (χ1v) is 9.77. The van der Waals surface area contributed by atoms with E-state index in [0.29, 0.717) is 11.7 Å². The van der Waals surface area contributed by atoms with E-state index >= 15 is 0 Å². The van der Waals surface area contributed by atoms with E-state index in [0.717, 1.165) is 32.6 Å². The molecule has 1 unspecified atom stereocenters. The van der Waals surface area contributed by atoms with E-state index in [1.165, 1.54) is 11.3 Å². The van der Waals surface area contributed by atoms with Gasteiger partial charge in [0.1, 0.15) is 0 Å². The summed E-state index contributed by atoms with van der Waals surface area (Å²) in [5.74, 6) is -0.529. The highest BCUT2D eigenvalue weighted by atomic mass is 32.1. The molecular formula is C21H21N3O2S. The van der Waals surface area contributed by atoms with Crippen LogP contribution in [0, 0.1) is 26.7 Å². The summed E-state index contributed by atoms with van der Waals surface area (Å²) in [6, 6.07) is 12.1. The first kappa shape index (κ1) is 17.7. The summed E-state index contributed by atoms with van der Waals surface area (Å²) in [6.45, 7) is 6.45. The number of thiazole rings is 1. The van der Waals surface area contributed by atoms with E-state index in [4.69, 9.17) is 0 Å². The minimum atomic E-state index is -0.368. The Morgan fingerprint density at radius 1 is 1.11 bits per heavy atom. The summed E-state index contributed by atoms with van der Waals surface area (Å²) in [7, 11) is 0. The molecule has 2 heterocycles. The zero-order valence-electron chi connectivity index (χ0n) is 15.6. The van der Waals surface area contributed by atoms with Crippen LogP contribution in [0.1, 0.15) is 23.1 Å². The van der Waals surface area contributed by atoms with E-state index in [1.807, 2.05) is 45.0 Å². The van der Waals surface area contributed by atoms with Crippen molar-refractivity contribution >= 4 is 44.2 Å². The molecule has 0 aliphatic carbocycles. The second-order valence-electron chi connectivity index (χ2n) is 7.23. The second-order valence-corrected chi connectivity index (χ2v) is 8.26. The lowest BCUT2D eigenvalue weighted by Gasteiger charge is -2.18. The summed E-state index contributed by atoms with van der Waals surface area (Å²) >= 11 is 1.46. The number of rotatable bonds is 3. The molecule has 0 spiro atoms. The van der Waals surface area contributed by atoms with Crippen molar-refractivity contribution in [1.82, 2.24) is 4.98 Å². The number of nitrogens with zero attached hydrogens (tertiary/aromatic N) is 2. The predicted molar refractivity (Wildman–Crippen MR) is 109 cm³/mol. The van der Waals surface area contributed by atoms with Crippen molar-refractivity contribution in [3.8, 4) is 0 Å². The number of amides is 2. The van der Waals surface area contributed by atoms with Crippen molar-refractivity contribution in [3.63, 3.8) is 0 Å². The molecule has 2 aromatic carbocycles. The van der Waals surface area contributed by atoms with E-state index in [9.17, 15) is 9.59 Å². The maximum atomic E-state index is 12.7. The van der Waals surface area contributed by atoms with Crippen molar-refractivity contribution in [2.45, 2.75) is 27.2 Å². The quantitative estimate of drug-likeness (QED) is 0.741. The number of aryl methyl sites for hydroxylation is 3. The minimum absolute atomic E-state index is 0.0138. The van der Waals surface area contributed by atoms with E-state index < -0.39 is 0 Å². The molecule has 1 aromatic heterocycles. The van der Waals surface area contributed by atoms with E-state index in [-0.39, 0.29) is 24.2 Å². The SMILES string of the molecule is Cc1cc(C)cc(N2CC(C(=O)Nc3nc4ccc(C)cc4s3)CC2=O)c1. The Morgan fingerprint density at radius 2 is 1.85 bits per heavy atom. The molecule has 0 saturated carbocycles. The van der Waals surface area contributed by atoms with Crippen molar-refractivity contribution in [3.05, 3.63) is 53.1 Å². The molecule has 2 amide bonds. The molecule has 6 heteroatoms. The Bertz CT molecular complexity index is 1040. The number of benzene rings is 2. The molecule has 138 valence electrons. The summed E-state index contributed by atoms with van der Waals surface area (Å²) in [5, 5.41) is 3.48. The predicted octanol–water partition coefficient (Wildman–Crippen LogP) is 4.21. The Labute approximate surface area is 162 Å². The fourth-order valence-corrected chi connectivity index (χ4v) is 4.50. The third-order valence-electron chi connectivity index (χ3n) is 4.79. The maximum Gasteiger partial charge on any atom is 0.231 e. The molecule has 1 aliphatic rings.